The van der Waals surface area contributed by atoms with Gasteiger partial charge >= 0.3 is 5.97 Å². The lowest BCUT2D eigenvalue weighted by atomic mass is 10.2. The van der Waals surface area contributed by atoms with Crippen LogP contribution in [0.2, 0.25) is 0 Å². The van der Waals surface area contributed by atoms with Crippen molar-refractivity contribution < 1.29 is 9.53 Å². The minimum Gasteiger partial charge on any atom is -0.438 e. The van der Waals surface area contributed by atoms with Crippen LogP contribution in [-0.2, 0) is 9.53 Å². The van der Waals surface area contributed by atoms with Gasteiger partial charge in [0.1, 0.15) is 0 Å². The summed E-state index contributed by atoms with van der Waals surface area (Å²) in [6, 6.07) is 9.24. The summed E-state index contributed by atoms with van der Waals surface area (Å²) in [5, 5.41) is 0. The molecule has 0 amide bonds. The van der Waals surface area contributed by atoms with Gasteiger partial charge in [0.15, 0.2) is 0 Å². The van der Waals surface area contributed by atoms with E-state index in [9.17, 15) is 4.79 Å². The van der Waals surface area contributed by atoms with Crippen LogP contribution in [0.4, 0.5) is 0 Å². The van der Waals surface area contributed by atoms with E-state index in [0.717, 1.165) is 12.0 Å². The van der Waals surface area contributed by atoms with Crippen LogP contribution in [0.25, 0.3) is 0 Å². The lowest BCUT2D eigenvalue weighted by molar-refractivity contribution is -0.141. The Morgan fingerprint density at radius 2 is 2.06 bits per heavy atom. The summed E-state index contributed by atoms with van der Waals surface area (Å²) < 4.78 is 5.11. The molecule has 1 unspecified atom stereocenters. The Bertz CT molecular complexity index is 371. The first-order chi connectivity index (χ1) is 7.65. The minimum atomic E-state index is -0.728. The molecule has 0 spiro atoms. The van der Waals surface area contributed by atoms with Crippen LogP contribution in [0.1, 0.15) is 31.4 Å². The Hall–Kier alpha value is -1.28. The monoisotopic (exact) mass is 238 g/mol. The molecular formula is C13H15ClO2. The van der Waals surface area contributed by atoms with Crippen molar-refractivity contribution in [3.8, 4) is 0 Å². The van der Waals surface area contributed by atoms with Crippen molar-refractivity contribution in [2.45, 2.75) is 25.8 Å². The van der Waals surface area contributed by atoms with E-state index in [1.807, 2.05) is 43.3 Å². The zero-order valence-corrected chi connectivity index (χ0v) is 10.2. The van der Waals surface area contributed by atoms with Crippen LogP contribution in [-0.4, -0.2) is 5.97 Å². The maximum absolute atomic E-state index is 11.5. The second kappa shape index (κ2) is 6.33. The molecule has 0 bridgehead atoms. The van der Waals surface area contributed by atoms with Crippen molar-refractivity contribution in [1.29, 1.82) is 0 Å². The van der Waals surface area contributed by atoms with Crippen molar-refractivity contribution in [3.05, 3.63) is 47.5 Å². The predicted octanol–water partition coefficient (Wildman–Crippen LogP) is 3.82. The lowest BCUT2D eigenvalue weighted by Crippen LogP contribution is -2.08. The highest BCUT2D eigenvalue weighted by Crippen LogP contribution is 2.22. The number of carbonyl (C=O) groups is 1. The normalized spacial score (nSPS) is 13.3. The summed E-state index contributed by atoms with van der Waals surface area (Å²) in [6.45, 7) is 3.69. The van der Waals surface area contributed by atoms with E-state index in [1.54, 1.807) is 6.92 Å². The molecule has 0 aromatic heterocycles. The van der Waals surface area contributed by atoms with Crippen LogP contribution in [0.5, 0.6) is 0 Å². The summed E-state index contributed by atoms with van der Waals surface area (Å²) in [5.74, 6) is -0.370. The fraction of sp³-hybridized carbons (Fsp3) is 0.308. The first-order valence-electron chi connectivity index (χ1n) is 5.22. The number of halogens is 1. The molecule has 16 heavy (non-hydrogen) atoms. The average Bonchev–Trinajstić information content (AvgIpc) is 2.30. The van der Waals surface area contributed by atoms with Gasteiger partial charge in [-0.15, -0.1) is 0 Å². The summed E-state index contributed by atoms with van der Waals surface area (Å²) >= 11 is 5.98. The van der Waals surface area contributed by atoms with Crippen molar-refractivity contribution in [2.24, 2.45) is 0 Å². The number of hydrogen-bond donors (Lipinski definition) is 0. The molecule has 0 aliphatic heterocycles. The Morgan fingerprint density at radius 1 is 1.44 bits per heavy atom. The van der Waals surface area contributed by atoms with Gasteiger partial charge in [-0.25, -0.2) is 4.79 Å². The Balaban J connectivity index is 2.62. The molecular weight excluding hydrogens is 224 g/mol. The van der Waals surface area contributed by atoms with E-state index in [2.05, 4.69) is 0 Å². The highest BCUT2D eigenvalue weighted by Gasteiger charge is 2.14. The van der Waals surface area contributed by atoms with Crippen LogP contribution in [0.3, 0.4) is 0 Å². The molecule has 0 saturated carbocycles. The molecule has 0 radical (unpaired) electrons. The molecule has 0 fully saturated rings. The number of allylic oxidation sites excluding steroid dienone is 1. The van der Waals surface area contributed by atoms with E-state index in [-0.39, 0.29) is 5.97 Å². The molecule has 0 saturated heterocycles. The van der Waals surface area contributed by atoms with Crippen molar-refractivity contribution in [2.75, 3.05) is 0 Å². The largest absolute Gasteiger partial charge is 0.438 e. The number of hydrogen-bond acceptors (Lipinski definition) is 2. The molecule has 86 valence electrons. The molecule has 1 aromatic carbocycles. The standard InChI is InChI=1S/C13H15ClO2/c1-3-7-10(2)13(15)16-12(14)11-8-5-4-6-9-11/h4-9,12H,3H2,1-2H3. The predicted molar refractivity (Wildman–Crippen MR) is 65.2 cm³/mol. The summed E-state index contributed by atoms with van der Waals surface area (Å²) in [7, 11) is 0. The second-order valence-corrected chi connectivity index (χ2v) is 3.82. The van der Waals surface area contributed by atoms with Gasteiger partial charge in [-0.3, -0.25) is 0 Å². The first kappa shape index (κ1) is 12.8. The molecule has 3 heteroatoms. The van der Waals surface area contributed by atoms with Crippen LogP contribution >= 0.6 is 11.6 Å². The van der Waals surface area contributed by atoms with E-state index >= 15 is 0 Å². The first-order valence-corrected chi connectivity index (χ1v) is 5.65. The van der Waals surface area contributed by atoms with Gasteiger partial charge in [0, 0.05) is 11.1 Å². The van der Waals surface area contributed by atoms with Gasteiger partial charge in [-0.1, -0.05) is 54.9 Å². The van der Waals surface area contributed by atoms with Crippen LogP contribution in [0.15, 0.2) is 42.0 Å². The van der Waals surface area contributed by atoms with E-state index in [4.69, 9.17) is 16.3 Å². The topological polar surface area (TPSA) is 26.3 Å². The highest BCUT2D eigenvalue weighted by molar-refractivity contribution is 6.20. The third kappa shape index (κ3) is 3.70. The number of rotatable bonds is 4. The molecule has 2 nitrogen and oxygen atoms in total. The summed E-state index contributed by atoms with van der Waals surface area (Å²) in [6.07, 6.45) is 2.62. The quantitative estimate of drug-likeness (QED) is 0.453. The molecule has 1 aromatic rings. The Morgan fingerprint density at radius 3 is 2.62 bits per heavy atom. The zero-order valence-electron chi connectivity index (χ0n) is 9.44. The Labute approximate surface area is 101 Å². The second-order valence-electron chi connectivity index (χ2n) is 3.43. The van der Waals surface area contributed by atoms with Crippen molar-refractivity contribution in [1.82, 2.24) is 0 Å². The van der Waals surface area contributed by atoms with Gasteiger partial charge in [0.05, 0.1) is 0 Å². The highest BCUT2D eigenvalue weighted by atomic mass is 35.5. The van der Waals surface area contributed by atoms with E-state index in [1.165, 1.54) is 0 Å². The number of esters is 1. The third-order valence-electron chi connectivity index (χ3n) is 2.10. The molecule has 1 rings (SSSR count). The Kier molecular flexibility index (Phi) is 5.06. The average molecular weight is 239 g/mol. The zero-order chi connectivity index (χ0) is 12.0. The SMILES string of the molecule is CCC=C(C)C(=O)OC(Cl)c1ccccc1. The van der Waals surface area contributed by atoms with Gasteiger partial charge in [-0.2, -0.15) is 0 Å². The maximum atomic E-state index is 11.5. The molecule has 0 N–H and O–H groups in total. The lowest BCUT2D eigenvalue weighted by Gasteiger charge is -2.11. The van der Waals surface area contributed by atoms with Gasteiger partial charge in [0.2, 0.25) is 5.56 Å². The van der Waals surface area contributed by atoms with E-state index < -0.39 is 5.56 Å². The third-order valence-corrected chi connectivity index (χ3v) is 2.45. The molecule has 1 atom stereocenters. The van der Waals surface area contributed by atoms with Crippen LogP contribution in [0, 0.1) is 0 Å². The van der Waals surface area contributed by atoms with Gasteiger partial charge < -0.3 is 4.74 Å². The smallest absolute Gasteiger partial charge is 0.335 e. The minimum absolute atomic E-state index is 0.370. The number of carbonyl (C=O) groups excluding carboxylic acids is 1. The fourth-order valence-corrected chi connectivity index (χ4v) is 1.48. The fourth-order valence-electron chi connectivity index (χ4n) is 1.25. The summed E-state index contributed by atoms with van der Waals surface area (Å²) in [5.41, 5.74) is 0.639. The van der Waals surface area contributed by atoms with Crippen molar-refractivity contribution >= 4 is 17.6 Å². The number of alkyl halides is 1. The number of ether oxygens (including phenoxy) is 1. The summed E-state index contributed by atoms with van der Waals surface area (Å²) in [4.78, 5) is 11.5. The molecule has 0 heterocycles. The van der Waals surface area contributed by atoms with E-state index in [0.29, 0.717) is 5.57 Å². The van der Waals surface area contributed by atoms with Gasteiger partial charge in [0.25, 0.3) is 0 Å². The maximum Gasteiger partial charge on any atom is 0.335 e. The number of benzene rings is 1. The molecule has 0 aliphatic rings. The van der Waals surface area contributed by atoms with Gasteiger partial charge in [-0.05, 0) is 13.3 Å². The van der Waals surface area contributed by atoms with Crippen molar-refractivity contribution in [3.63, 3.8) is 0 Å². The van der Waals surface area contributed by atoms with Crippen LogP contribution < -0.4 is 0 Å². The molecule has 0 aliphatic carbocycles.